The highest BCUT2D eigenvalue weighted by molar-refractivity contribution is 5.74. The number of benzene rings is 2. The van der Waals surface area contributed by atoms with E-state index in [2.05, 4.69) is 47.8 Å². The first kappa shape index (κ1) is 14.3. The molecule has 1 spiro atoms. The molecule has 2 aliphatic heterocycles. The van der Waals surface area contributed by atoms with Gasteiger partial charge in [0.15, 0.2) is 0 Å². The number of rotatable bonds is 2. The molecule has 1 N–H and O–H groups in total. The van der Waals surface area contributed by atoms with Crippen molar-refractivity contribution in [3.63, 3.8) is 0 Å². The van der Waals surface area contributed by atoms with Crippen molar-refractivity contribution >= 4 is 11.8 Å². The lowest BCUT2D eigenvalue weighted by atomic mass is 9.78. The third kappa shape index (κ3) is 2.41. The minimum atomic E-state index is -0.244. The van der Waals surface area contributed by atoms with Gasteiger partial charge < -0.3 is 14.8 Å². The van der Waals surface area contributed by atoms with E-state index in [0.717, 1.165) is 36.9 Å². The molecular weight excluding hydrogens is 286 g/mol. The van der Waals surface area contributed by atoms with Crippen molar-refractivity contribution in [2.75, 3.05) is 20.2 Å². The highest BCUT2D eigenvalue weighted by Crippen LogP contribution is 2.37. The fourth-order valence-corrected chi connectivity index (χ4v) is 3.68. The minimum Gasteiger partial charge on any atom is -0.497 e. The van der Waals surface area contributed by atoms with E-state index in [1.165, 1.54) is 16.4 Å². The van der Waals surface area contributed by atoms with Crippen molar-refractivity contribution < 1.29 is 9.47 Å². The molecule has 0 saturated carbocycles. The van der Waals surface area contributed by atoms with Crippen molar-refractivity contribution in [3.8, 4) is 5.75 Å². The SMILES string of the molecule is COc1ccc2c(c1)=C(c1ccccc1)C1(CCNCC1)OC=2. The summed E-state index contributed by atoms with van der Waals surface area (Å²) in [4.78, 5) is 0. The monoisotopic (exact) mass is 307 g/mol. The number of hydrogen-bond acceptors (Lipinski definition) is 3. The zero-order chi connectivity index (χ0) is 15.7. The van der Waals surface area contributed by atoms with E-state index in [0.29, 0.717) is 0 Å². The van der Waals surface area contributed by atoms with Gasteiger partial charge in [-0.05, 0) is 42.1 Å². The third-order valence-corrected chi connectivity index (χ3v) is 4.87. The molecule has 0 radical (unpaired) electrons. The molecule has 2 aromatic rings. The maximum atomic E-state index is 6.33. The standard InChI is InChI=1S/C20H21NO2/c1-22-17-8-7-16-14-23-20(9-11-21-12-10-20)19(18(16)13-17)15-5-3-2-4-6-15/h2-8,13-14,21H,9-12H2,1H3. The van der Waals surface area contributed by atoms with Gasteiger partial charge in [0.2, 0.25) is 0 Å². The van der Waals surface area contributed by atoms with Gasteiger partial charge in [-0.2, -0.15) is 0 Å². The highest BCUT2D eigenvalue weighted by Gasteiger charge is 2.39. The summed E-state index contributed by atoms with van der Waals surface area (Å²) in [6.07, 6.45) is 3.88. The van der Waals surface area contributed by atoms with Crippen LogP contribution in [0.1, 0.15) is 18.4 Å². The van der Waals surface area contributed by atoms with Crippen LogP contribution in [0.4, 0.5) is 0 Å². The van der Waals surface area contributed by atoms with E-state index in [-0.39, 0.29) is 5.60 Å². The molecule has 118 valence electrons. The van der Waals surface area contributed by atoms with E-state index in [9.17, 15) is 0 Å². The molecule has 1 saturated heterocycles. The molecule has 3 heteroatoms. The van der Waals surface area contributed by atoms with Crippen molar-refractivity contribution in [1.82, 2.24) is 5.32 Å². The van der Waals surface area contributed by atoms with Gasteiger partial charge in [0, 0.05) is 23.6 Å². The van der Waals surface area contributed by atoms with Gasteiger partial charge in [-0.1, -0.05) is 30.3 Å². The van der Waals surface area contributed by atoms with Crippen molar-refractivity contribution in [2.45, 2.75) is 18.4 Å². The van der Waals surface area contributed by atoms with E-state index in [4.69, 9.17) is 9.47 Å². The van der Waals surface area contributed by atoms with Crippen LogP contribution in [0.5, 0.6) is 5.75 Å². The Labute approximate surface area is 136 Å². The summed E-state index contributed by atoms with van der Waals surface area (Å²) < 4.78 is 11.8. The molecule has 0 atom stereocenters. The Hall–Kier alpha value is -2.26. The first-order valence-electron chi connectivity index (χ1n) is 8.15. The number of nitrogens with one attached hydrogen (secondary N) is 1. The molecule has 0 aromatic heterocycles. The zero-order valence-corrected chi connectivity index (χ0v) is 13.3. The predicted octanol–water partition coefficient (Wildman–Crippen LogP) is 1.78. The highest BCUT2D eigenvalue weighted by atomic mass is 16.5. The molecule has 4 rings (SSSR count). The van der Waals surface area contributed by atoms with Crippen LogP contribution in [0.25, 0.3) is 11.8 Å². The largest absolute Gasteiger partial charge is 0.497 e. The normalized spacial score (nSPS) is 18.7. The summed E-state index contributed by atoms with van der Waals surface area (Å²) >= 11 is 0. The summed E-state index contributed by atoms with van der Waals surface area (Å²) in [6.45, 7) is 1.95. The summed E-state index contributed by atoms with van der Waals surface area (Å²) in [5, 5.41) is 5.79. The molecule has 2 aliphatic rings. The van der Waals surface area contributed by atoms with Crippen LogP contribution >= 0.6 is 0 Å². The Bertz CT molecular complexity index is 820. The van der Waals surface area contributed by atoms with Crippen molar-refractivity contribution in [2.24, 2.45) is 0 Å². The fraction of sp³-hybridized carbons (Fsp3) is 0.300. The number of piperidine rings is 1. The van der Waals surface area contributed by atoms with Gasteiger partial charge in [-0.3, -0.25) is 0 Å². The Balaban J connectivity index is 2.04. The molecule has 2 aromatic carbocycles. The van der Waals surface area contributed by atoms with Crippen LogP contribution in [0.15, 0.2) is 48.5 Å². The molecule has 1 fully saturated rings. The fourth-order valence-electron chi connectivity index (χ4n) is 3.68. The Morgan fingerprint density at radius 1 is 1.04 bits per heavy atom. The van der Waals surface area contributed by atoms with E-state index in [1.54, 1.807) is 7.11 Å². The average Bonchev–Trinajstić information content (AvgIpc) is 2.62. The lowest BCUT2D eigenvalue weighted by Crippen LogP contribution is -2.50. The van der Waals surface area contributed by atoms with Gasteiger partial charge in [0.05, 0.1) is 13.4 Å². The van der Waals surface area contributed by atoms with Crippen LogP contribution in [-0.4, -0.2) is 25.8 Å². The first-order chi connectivity index (χ1) is 11.3. The summed E-state index contributed by atoms with van der Waals surface area (Å²) in [7, 11) is 1.72. The number of hydrogen-bond donors (Lipinski definition) is 1. The summed E-state index contributed by atoms with van der Waals surface area (Å²) in [5.41, 5.74) is 2.28. The van der Waals surface area contributed by atoms with E-state index >= 15 is 0 Å². The zero-order valence-electron chi connectivity index (χ0n) is 13.3. The van der Waals surface area contributed by atoms with Crippen LogP contribution in [0.3, 0.4) is 0 Å². The molecule has 0 unspecified atom stereocenters. The lowest BCUT2D eigenvalue weighted by molar-refractivity contribution is 0.0715. The summed E-state index contributed by atoms with van der Waals surface area (Å²) in [5.74, 6) is 0.886. The second-order valence-electron chi connectivity index (χ2n) is 6.17. The maximum Gasteiger partial charge on any atom is 0.137 e. The third-order valence-electron chi connectivity index (χ3n) is 4.87. The smallest absolute Gasteiger partial charge is 0.137 e. The second-order valence-corrected chi connectivity index (χ2v) is 6.17. The van der Waals surface area contributed by atoms with Gasteiger partial charge in [-0.15, -0.1) is 0 Å². The quantitative estimate of drug-likeness (QED) is 0.917. The summed E-state index contributed by atoms with van der Waals surface area (Å²) in [6, 6.07) is 16.8. The van der Waals surface area contributed by atoms with Gasteiger partial charge in [-0.25, -0.2) is 0 Å². The van der Waals surface area contributed by atoms with Crippen molar-refractivity contribution in [3.05, 3.63) is 64.5 Å². The average molecular weight is 307 g/mol. The molecule has 0 amide bonds. The molecule has 0 aliphatic carbocycles. The molecule has 3 nitrogen and oxygen atoms in total. The molecular formula is C20H21NO2. The minimum absolute atomic E-state index is 0.244. The van der Waals surface area contributed by atoms with Gasteiger partial charge in [0.1, 0.15) is 11.4 Å². The first-order valence-corrected chi connectivity index (χ1v) is 8.15. The van der Waals surface area contributed by atoms with E-state index in [1.807, 2.05) is 12.3 Å². The Kier molecular flexibility index (Phi) is 3.58. The van der Waals surface area contributed by atoms with Crippen LogP contribution < -0.4 is 20.5 Å². The maximum absolute atomic E-state index is 6.33. The Morgan fingerprint density at radius 2 is 1.83 bits per heavy atom. The second kappa shape index (κ2) is 5.74. The topological polar surface area (TPSA) is 30.5 Å². The molecule has 23 heavy (non-hydrogen) atoms. The molecule has 2 heterocycles. The van der Waals surface area contributed by atoms with Crippen LogP contribution in [-0.2, 0) is 4.74 Å². The van der Waals surface area contributed by atoms with Crippen LogP contribution in [0, 0.1) is 0 Å². The van der Waals surface area contributed by atoms with Gasteiger partial charge >= 0.3 is 0 Å². The van der Waals surface area contributed by atoms with Gasteiger partial charge in [0.25, 0.3) is 0 Å². The lowest BCUT2D eigenvalue weighted by Gasteiger charge is -2.41. The Morgan fingerprint density at radius 3 is 2.57 bits per heavy atom. The van der Waals surface area contributed by atoms with Crippen molar-refractivity contribution in [1.29, 1.82) is 0 Å². The predicted molar refractivity (Wildman–Crippen MR) is 91.6 cm³/mol. The number of fused-ring (bicyclic) bond motifs is 1. The number of methoxy groups -OCH3 is 1. The molecule has 0 bridgehead atoms. The van der Waals surface area contributed by atoms with E-state index < -0.39 is 0 Å². The van der Waals surface area contributed by atoms with Crippen LogP contribution in [0.2, 0.25) is 0 Å². The number of ether oxygens (including phenoxy) is 2.